The Morgan fingerprint density at radius 3 is 2.57 bits per heavy atom. The van der Waals surface area contributed by atoms with E-state index in [-0.39, 0.29) is 0 Å². The maximum Gasteiger partial charge on any atom is 0.123 e. The topological polar surface area (TPSA) is 29.5 Å². The second-order valence-electron chi connectivity index (χ2n) is 3.21. The molecule has 0 aliphatic carbocycles. The highest BCUT2D eigenvalue weighted by atomic mass is 79.9. The second-order valence-corrected chi connectivity index (χ2v) is 4.07. The van der Waals surface area contributed by atoms with Crippen molar-refractivity contribution in [2.45, 2.75) is 26.4 Å². The lowest BCUT2D eigenvalue weighted by Crippen LogP contribution is -1.97. The van der Waals surface area contributed by atoms with Crippen LogP contribution in [0.15, 0.2) is 16.6 Å². The lowest BCUT2D eigenvalue weighted by atomic mass is 10.1. The van der Waals surface area contributed by atoms with Gasteiger partial charge in [0.2, 0.25) is 0 Å². The van der Waals surface area contributed by atoms with Crippen LogP contribution in [0.1, 0.15) is 31.1 Å². The Hall–Kier alpha value is -0.540. The molecule has 0 radical (unpaired) electrons. The van der Waals surface area contributed by atoms with Crippen molar-refractivity contribution in [2.24, 2.45) is 0 Å². The third-order valence-electron chi connectivity index (χ3n) is 2.23. The Morgan fingerprint density at radius 1 is 1.50 bits per heavy atom. The van der Waals surface area contributed by atoms with Gasteiger partial charge in [0.15, 0.2) is 0 Å². The van der Waals surface area contributed by atoms with Gasteiger partial charge in [-0.2, -0.15) is 0 Å². The molecule has 0 aromatic heterocycles. The van der Waals surface area contributed by atoms with Gasteiger partial charge in [-0.3, -0.25) is 0 Å². The van der Waals surface area contributed by atoms with Gasteiger partial charge in [0, 0.05) is 10.0 Å². The molecule has 1 unspecified atom stereocenters. The Kier molecular flexibility index (Phi) is 3.96. The molecule has 1 N–H and O–H groups in total. The maximum absolute atomic E-state index is 9.46. The molecule has 1 atom stereocenters. The summed E-state index contributed by atoms with van der Waals surface area (Å²) in [6.07, 6.45) is 0.440. The fourth-order valence-electron chi connectivity index (χ4n) is 1.40. The summed E-state index contributed by atoms with van der Waals surface area (Å²) in [4.78, 5) is 0. The number of methoxy groups -OCH3 is 1. The fourth-order valence-corrected chi connectivity index (χ4v) is 2.14. The molecule has 0 bridgehead atoms. The van der Waals surface area contributed by atoms with Gasteiger partial charge in [-0.05, 0) is 31.0 Å². The zero-order valence-electron chi connectivity index (χ0n) is 8.67. The van der Waals surface area contributed by atoms with Gasteiger partial charge in [-0.25, -0.2) is 0 Å². The highest BCUT2D eigenvalue weighted by Gasteiger charge is 2.10. The first kappa shape index (κ1) is 11.5. The fraction of sp³-hybridized carbons (Fsp3) is 0.455. The average molecular weight is 259 g/mol. The van der Waals surface area contributed by atoms with E-state index >= 15 is 0 Å². The Bertz CT molecular complexity index is 321. The monoisotopic (exact) mass is 258 g/mol. The van der Waals surface area contributed by atoms with Gasteiger partial charge < -0.3 is 9.84 Å². The van der Waals surface area contributed by atoms with E-state index in [0.29, 0.717) is 0 Å². The predicted octanol–water partition coefficient (Wildman–Crippen LogP) is 3.07. The molecule has 1 aromatic carbocycles. The summed E-state index contributed by atoms with van der Waals surface area (Å²) in [6, 6.07) is 3.82. The van der Waals surface area contributed by atoms with Crippen LogP contribution in [0.3, 0.4) is 0 Å². The summed E-state index contributed by atoms with van der Waals surface area (Å²) in [5, 5.41) is 9.46. The minimum Gasteiger partial charge on any atom is -0.496 e. The molecule has 0 saturated heterocycles. The molecule has 0 fully saturated rings. The van der Waals surface area contributed by atoms with Gasteiger partial charge in [0.25, 0.3) is 0 Å². The molecule has 0 amide bonds. The molecule has 14 heavy (non-hydrogen) atoms. The number of benzene rings is 1. The summed E-state index contributed by atoms with van der Waals surface area (Å²) in [5.41, 5.74) is 2.00. The lowest BCUT2D eigenvalue weighted by Gasteiger charge is -2.13. The molecular weight excluding hydrogens is 244 g/mol. The van der Waals surface area contributed by atoms with Gasteiger partial charge in [-0.1, -0.05) is 22.9 Å². The standard InChI is InChI=1S/C11H15BrO2/c1-4-9-10(12)5-8(7(2)13)6-11(9)14-3/h5-7,13H,4H2,1-3H3. The molecular formula is C11H15BrO2. The number of hydrogen-bond donors (Lipinski definition) is 1. The second kappa shape index (κ2) is 4.80. The molecule has 78 valence electrons. The molecule has 0 spiro atoms. The van der Waals surface area contributed by atoms with Crippen LogP contribution in [-0.4, -0.2) is 12.2 Å². The first-order chi connectivity index (χ1) is 6.60. The van der Waals surface area contributed by atoms with Crippen LogP contribution in [0.4, 0.5) is 0 Å². The Balaban J connectivity index is 3.24. The third-order valence-corrected chi connectivity index (χ3v) is 2.94. The number of ether oxygens (including phenoxy) is 1. The van der Waals surface area contributed by atoms with E-state index in [9.17, 15) is 5.11 Å². The van der Waals surface area contributed by atoms with Crippen molar-refractivity contribution < 1.29 is 9.84 Å². The quantitative estimate of drug-likeness (QED) is 0.903. The van der Waals surface area contributed by atoms with Crippen LogP contribution in [0.25, 0.3) is 0 Å². The van der Waals surface area contributed by atoms with E-state index < -0.39 is 6.10 Å². The highest BCUT2D eigenvalue weighted by molar-refractivity contribution is 9.10. The smallest absolute Gasteiger partial charge is 0.123 e. The van der Waals surface area contributed by atoms with Crippen LogP contribution in [0.5, 0.6) is 5.75 Å². The van der Waals surface area contributed by atoms with Crippen molar-refractivity contribution in [3.05, 3.63) is 27.7 Å². The average Bonchev–Trinajstić information content (AvgIpc) is 2.16. The maximum atomic E-state index is 9.46. The summed E-state index contributed by atoms with van der Waals surface area (Å²) in [5.74, 6) is 0.831. The van der Waals surface area contributed by atoms with Gasteiger partial charge >= 0.3 is 0 Å². The van der Waals surface area contributed by atoms with E-state index in [0.717, 1.165) is 27.8 Å². The number of hydrogen-bond acceptors (Lipinski definition) is 2. The lowest BCUT2D eigenvalue weighted by molar-refractivity contribution is 0.198. The minimum absolute atomic E-state index is 0.467. The van der Waals surface area contributed by atoms with E-state index in [1.54, 1.807) is 14.0 Å². The van der Waals surface area contributed by atoms with Crippen LogP contribution >= 0.6 is 15.9 Å². The van der Waals surface area contributed by atoms with Gasteiger partial charge in [0.1, 0.15) is 5.75 Å². The minimum atomic E-state index is -0.467. The van der Waals surface area contributed by atoms with Crippen LogP contribution in [0.2, 0.25) is 0 Å². The Labute approximate surface area is 93.0 Å². The van der Waals surface area contributed by atoms with Crippen molar-refractivity contribution in [3.8, 4) is 5.75 Å². The van der Waals surface area contributed by atoms with Crippen molar-refractivity contribution in [2.75, 3.05) is 7.11 Å². The zero-order valence-corrected chi connectivity index (χ0v) is 10.3. The van der Waals surface area contributed by atoms with Gasteiger partial charge in [0.05, 0.1) is 13.2 Å². The number of aliphatic hydroxyl groups excluding tert-OH is 1. The van der Waals surface area contributed by atoms with E-state index in [4.69, 9.17) is 4.74 Å². The number of halogens is 1. The molecule has 0 heterocycles. The third kappa shape index (κ3) is 2.28. The highest BCUT2D eigenvalue weighted by Crippen LogP contribution is 2.31. The van der Waals surface area contributed by atoms with Crippen molar-refractivity contribution in [1.29, 1.82) is 0 Å². The predicted molar refractivity (Wildman–Crippen MR) is 60.7 cm³/mol. The summed E-state index contributed by atoms with van der Waals surface area (Å²) in [7, 11) is 1.65. The first-order valence-corrected chi connectivity index (χ1v) is 5.43. The number of rotatable bonds is 3. The van der Waals surface area contributed by atoms with Crippen molar-refractivity contribution >= 4 is 15.9 Å². The van der Waals surface area contributed by atoms with E-state index in [2.05, 4.69) is 22.9 Å². The van der Waals surface area contributed by atoms with Crippen LogP contribution in [0, 0.1) is 0 Å². The molecule has 0 aliphatic heterocycles. The summed E-state index contributed by atoms with van der Waals surface area (Å²) >= 11 is 3.48. The summed E-state index contributed by atoms with van der Waals surface area (Å²) < 4.78 is 6.26. The molecule has 0 saturated carbocycles. The first-order valence-electron chi connectivity index (χ1n) is 4.64. The molecule has 3 heteroatoms. The normalized spacial score (nSPS) is 12.6. The van der Waals surface area contributed by atoms with Crippen LogP contribution in [-0.2, 0) is 6.42 Å². The number of aliphatic hydroxyl groups is 1. The van der Waals surface area contributed by atoms with Gasteiger partial charge in [-0.15, -0.1) is 0 Å². The molecule has 0 aliphatic rings. The van der Waals surface area contributed by atoms with E-state index in [1.165, 1.54) is 0 Å². The van der Waals surface area contributed by atoms with Crippen molar-refractivity contribution in [1.82, 2.24) is 0 Å². The molecule has 2 nitrogen and oxygen atoms in total. The van der Waals surface area contributed by atoms with Crippen molar-refractivity contribution in [3.63, 3.8) is 0 Å². The SMILES string of the molecule is CCc1c(Br)cc(C(C)O)cc1OC. The zero-order chi connectivity index (χ0) is 10.7. The summed E-state index contributed by atoms with van der Waals surface area (Å²) in [6.45, 7) is 3.82. The Morgan fingerprint density at radius 2 is 2.14 bits per heavy atom. The van der Waals surface area contributed by atoms with Crippen LogP contribution < -0.4 is 4.74 Å². The largest absolute Gasteiger partial charge is 0.496 e. The van der Waals surface area contributed by atoms with E-state index in [1.807, 2.05) is 12.1 Å². The molecule has 1 rings (SSSR count). The molecule has 1 aromatic rings.